The Hall–Kier alpha value is -6.29. The molecule has 9 aromatic rings. The Morgan fingerprint density at radius 2 is 0.868 bits per heavy atom. The number of benzene rings is 8. The first kappa shape index (κ1) is 69.7. The van der Waals surface area contributed by atoms with Gasteiger partial charge in [-0.25, -0.2) is 9.97 Å². The van der Waals surface area contributed by atoms with Crippen molar-refractivity contribution in [1.29, 1.82) is 5.41 Å². The fourth-order valence-electron chi connectivity index (χ4n) is 5.97. The van der Waals surface area contributed by atoms with Gasteiger partial charge in [0.1, 0.15) is 12.1 Å². The van der Waals surface area contributed by atoms with Gasteiger partial charge in [0, 0.05) is 59.0 Å². The van der Waals surface area contributed by atoms with E-state index in [1.807, 2.05) is 200 Å². The Balaban J connectivity index is 0.000000963. The van der Waals surface area contributed by atoms with Crippen molar-refractivity contribution in [2.75, 3.05) is 6.61 Å². The van der Waals surface area contributed by atoms with Crippen LogP contribution in [-0.4, -0.2) is 50.8 Å². The van der Waals surface area contributed by atoms with Crippen molar-refractivity contribution >= 4 is 90.0 Å². The van der Waals surface area contributed by atoms with Crippen LogP contribution in [0, 0.1) is 5.41 Å². The molecule has 9 rings (SSSR count). The Bertz CT molecular complexity index is 2950. The summed E-state index contributed by atoms with van der Waals surface area (Å²) in [5.74, 6) is 1.000. The van der Waals surface area contributed by atoms with E-state index in [4.69, 9.17) is 26.2 Å². The van der Waals surface area contributed by atoms with Crippen LogP contribution in [0.5, 0.6) is 0 Å². The van der Waals surface area contributed by atoms with E-state index < -0.39 is 0 Å². The van der Waals surface area contributed by atoms with Gasteiger partial charge in [-0.1, -0.05) is 249 Å². The van der Waals surface area contributed by atoms with Crippen molar-refractivity contribution in [3.8, 4) is 33.9 Å². The summed E-state index contributed by atoms with van der Waals surface area (Å²) in [6, 6.07) is 73.3. The molecule has 9 nitrogen and oxygen atoms in total. The van der Waals surface area contributed by atoms with Crippen molar-refractivity contribution in [1.82, 2.24) is 9.97 Å². The molecule has 5 N–H and O–H groups in total. The number of aromatic nitrogens is 2. The first-order valence-electron chi connectivity index (χ1n) is 22.5. The number of aliphatic hydroxyl groups excluding tert-OH is 1. The molecule has 0 bridgehead atoms. The quantitative estimate of drug-likeness (QED) is 0.0319. The number of nitrogens with two attached hydrogens (primary N) is 1. The zero-order valence-electron chi connectivity index (χ0n) is 41.5. The number of carbonyl (C=O) groups is 3. The average molecular weight is 1240 g/mol. The second-order valence-electron chi connectivity index (χ2n) is 15.0. The number of aldehydes is 1. The van der Waals surface area contributed by atoms with Crippen molar-refractivity contribution in [3.05, 3.63) is 278 Å². The second kappa shape index (κ2) is 40.0. The Morgan fingerprint density at radius 1 is 0.539 bits per heavy atom. The summed E-state index contributed by atoms with van der Waals surface area (Å²) < 4.78 is 3.08. The molecule has 1 aromatic heterocycles. The van der Waals surface area contributed by atoms with Crippen molar-refractivity contribution in [3.63, 3.8) is 0 Å². The van der Waals surface area contributed by atoms with E-state index in [1.54, 1.807) is 32.1 Å². The molecule has 0 atom stereocenters. The van der Waals surface area contributed by atoms with Gasteiger partial charge in [-0.2, -0.15) is 0 Å². The number of Topliss-reactive ketones (excluding diaryl/α,β-unsaturated/α-hetero) is 1. The summed E-state index contributed by atoms with van der Waals surface area (Å²) in [7, 11) is 0. The molecule has 0 aliphatic carbocycles. The van der Waals surface area contributed by atoms with Crippen molar-refractivity contribution in [2.45, 2.75) is 21.3 Å². The van der Waals surface area contributed by atoms with Gasteiger partial charge < -0.3 is 16.3 Å². The van der Waals surface area contributed by atoms with Crippen LogP contribution in [0.15, 0.2) is 250 Å². The molecule has 0 aliphatic heterocycles. The maximum absolute atomic E-state index is 11.8. The minimum Gasteiger partial charge on any atom is -0.870 e. The topological polar surface area (TPSA) is 177 Å². The third-order valence-electron chi connectivity index (χ3n) is 9.59. The summed E-state index contributed by atoms with van der Waals surface area (Å²) in [5.41, 5.74) is 14.2. The summed E-state index contributed by atoms with van der Waals surface area (Å²) >= 11 is 10.1. The summed E-state index contributed by atoms with van der Waals surface area (Å²) in [6.07, 6.45) is 4.24. The SMILES string of the molecule is Brc1ccc(-c2cc(-c3ccccc3)nc(-c3ccccc3)n2)cc1.C.CC(=O)c1ccccc1.CCO.Cl.N=C(N)c1ccccc1.O=C(/C=C/c1ccc(Br)cc1)c1ccccc1.O=Cc1ccc(Br)cc1.[Na+].[OH-]. The van der Waals surface area contributed by atoms with Crippen LogP contribution < -0.4 is 35.3 Å². The van der Waals surface area contributed by atoms with Gasteiger partial charge in [-0.3, -0.25) is 19.8 Å². The van der Waals surface area contributed by atoms with Gasteiger partial charge in [0.25, 0.3) is 0 Å². The number of aliphatic hydroxyl groups is 1. The number of rotatable bonds is 9. The number of hydrogen-bond donors (Lipinski definition) is 3. The fourth-order valence-corrected chi connectivity index (χ4v) is 6.76. The zero-order valence-corrected chi connectivity index (χ0v) is 49.1. The molecular formula is C62H59Br3ClN4NaO5. The molecule has 0 fully saturated rings. The summed E-state index contributed by atoms with van der Waals surface area (Å²) in [4.78, 5) is 42.1. The number of carbonyl (C=O) groups excluding carboxylic acids is 3. The monoisotopic (exact) mass is 1230 g/mol. The molecule has 0 amide bonds. The number of hydrogen-bond acceptors (Lipinski definition) is 8. The largest absolute Gasteiger partial charge is 1.00 e. The van der Waals surface area contributed by atoms with E-state index in [-0.39, 0.29) is 78.9 Å². The summed E-state index contributed by atoms with van der Waals surface area (Å²) in [5, 5.41) is 14.6. The standard InChI is InChI=1S/C22H15BrN2.C15H11BrO.C8H8O.C7H5BrO.C7H8N2.C2H6O.CH4.ClH.Na.H2O/c23-19-13-11-17(12-14-19)21-15-20(16-7-3-1-4-8-16)24-22(25-21)18-9-5-2-6-10-18;16-14-9-6-12(7-10-14)8-11-15(17)13-4-2-1-3-5-13;1-7(9)8-5-3-2-4-6-8;8-7-3-1-6(5-9)2-4-7;8-7(9)6-4-2-1-3-5-6;1-2-3;;;;/h1-15H;1-11H;2-6H,1H3;1-5H;1-5H,(H3,8,9);3H,2H2,1H3;1H4;1H;;1H2/q;;;;;;;;+1;/p-1/b;11-8+;;;;;;;;. The molecule has 14 heteroatoms. The maximum atomic E-state index is 11.8. The first-order valence-corrected chi connectivity index (χ1v) is 24.8. The van der Waals surface area contributed by atoms with E-state index in [2.05, 4.69) is 72.1 Å². The predicted octanol–water partition coefficient (Wildman–Crippen LogP) is 13.6. The second-order valence-corrected chi connectivity index (χ2v) is 17.8. The van der Waals surface area contributed by atoms with Gasteiger partial charge in [-0.15, -0.1) is 12.4 Å². The number of allylic oxidation sites excluding steroid dienone is 1. The number of nitrogens with one attached hydrogen (secondary N) is 1. The molecule has 0 saturated carbocycles. The van der Waals surface area contributed by atoms with E-state index in [0.29, 0.717) is 11.1 Å². The molecule has 0 aliphatic rings. The number of amidine groups is 1. The average Bonchev–Trinajstić information content (AvgIpc) is 3.43. The van der Waals surface area contributed by atoms with Gasteiger partial charge in [0.05, 0.1) is 11.4 Å². The number of halogens is 4. The fraction of sp³-hybridized carbons (Fsp3) is 0.0645. The van der Waals surface area contributed by atoms with Crippen LogP contribution in [-0.2, 0) is 0 Å². The van der Waals surface area contributed by atoms with Crippen LogP contribution in [0.4, 0.5) is 0 Å². The molecule has 0 unspecified atom stereocenters. The molecule has 0 radical (unpaired) electrons. The summed E-state index contributed by atoms with van der Waals surface area (Å²) in [6.45, 7) is 3.50. The van der Waals surface area contributed by atoms with E-state index >= 15 is 0 Å². The molecular weight excluding hydrogens is 1180 g/mol. The zero-order chi connectivity index (χ0) is 51.9. The van der Waals surface area contributed by atoms with E-state index in [9.17, 15) is 14.4 Å². The minimum atomic E-state index is 0. The number of nitrogens with zero attached hydrogens (tertiary/aromatic N) is 2. The molecule has 8 aromatic carbocycles. The Morgan fingerprint density at radius 3 is 1.22 bits per heavy atom. The van der Waals surface area contributed by atoms with Crippen LogP contribution in [0.3, 0.4) is 0 Å². The van der Waals surface area contributed by atoms with E-state index in [1.165, 1.54) is 0 Å². The molecule has 0 spiro atoms. The third-order valence-corrected chi connectivity index (χ3v) is 11.2. The van der Waals surface area contributed by atoms with Crippen LogP contribution >= 0.6 is 60.2 Å². The van der Waals surface area contributed by atoms with Crippen molar-refractivity contribution in [2.24, 2.45) is 5.73 Å². The van der Waals surface area contributed by atoms with Crippen LogP contribution in [0.25, 0.3) is 40.0 Å². The van der Waals surface area contributed by atoms with Gasteiger partial charge >= 0.3 is 29.6 Å². The predicted molar refractivity (Wildman–Crippen MR) is 322 cm³/mol. The normalized spacial score (nSPS) is 9.29. The van der Waals surface area contributed by atoms with Crippen LogP contribution in [0.1, 0.15) is 63.5 Å². The Kier molecular flexibility index (Phi) is 36.7. The Labute approximate surface area is 500 Å². The number of ketones is 2. The smallest absolute Gasteiger partial charge is 0.870 e. The van der Waals surface area contributed by atoms with Crippen molar-refractivity contribution < 1.29 is 54.5 Å². The molecule has 386 valence electrons. The van der Waals surface area contributed by atoms with Gasteiger partial charge in [0.2, 0.25) is 0 Å². The molecule has 76 heavy (non-hydrogen) atoms. The van der Waals surface area contributed by atoms with Crippen LogP contribution in [0.2, 0.25) is 0 Å². The van der Waals surface area contributed by atoms with E-state index in [0.717, 1.165) is 70.3 Å². The molecule has 0 saturated heterocycles. The molecule has 1 heterocycles. The van der Waals surface area contributed by atoms with Gasteiger partial charge in [-0.05, 0) is 68.0 Å². The minimum absolute atomic E-state index is 0. The van der Waals surface area contributed by atoms with Gasteiger partial charge in [0.15, 0.2) is 17.4 Å². The number of nitrogen functional groups attached to an aromatic ring is 1. The maximum Gasteiger partial charge on any atom is 1.00 e. The third kappa shape index (κ3) is 26.5. The first-order chi connectivity index (χ1) is 34.9.